The van der Waals surface area contributed by atoms with Crippen LogP contribution in [0.1, 0.15) is 233 Å². The third-order valence-electron chi connectivity index (χ3n) is 10.6. The summed E-state index contributed by atoms with van der Waals surface area (Å²) in [6.07, 6.45) is 42.7. The molecule has 0 aromatic heterocycles. The van der Waals surface area contributed by atoms with E-state index < -0.39 is 0 Å². The molecule has 0 N–H and O–H groups in total. The predicted octanol–water partition coefficient (Wildman–Crippen LogP) is 13.5. The maximum atomic E-state index is 11.9. The van der Waals surface area contributed by atoms with E-state index in [9.17, 15) is 9.59 Å². The van der Waals surface area contributed by atoms with Crippen LogP contribution in [-0.2, 0) is 19.1 Å². The van der Waals surface area contributed by atoms with Gasteiger partial charge in [-0.1, -0.05) is 175 Å². The van der Waals surface area contributed by atoms with Crippen molar-refractivity contribution in [2.75, 3.05) is 54.0 Å². The molecular weight excluding hydrogens is 657 g/mol. The van der Waals surface area contributed by atoms with Gasteiger partial charge in [-0.05, 0) is 72.1 Å². The molecule has 53 heavy (non-hydrogen) atoms. The second-order valence-electron chi connectivity index (χ2n) is 16.2. The summed E-state index contributed by atoms with van der Waals surface area (Å²) in [6, 6.07) is 0. The van der Waals surface area contributed by atoms with Gasteiger partial charge < -0.3 is 24.1 Å². The molecule has 0 aromatic rings. The summed E-state index contributed by atoms with van der Waals surface area (Å²) >= 11 is 0. The van der Waals surface area contributed by atoms with Crippen molar-refractivity contribution in [3.05, 3.63) is 0 Å². The highest BCUT2D eigenvalue weighted by atomic mass is 16.5. The topological polar surface area (TPSA) is 59.1 Å². The Kier molecular flexibility index (Phi) is 48.2. The summed E-state index contributed by atoms with van der Waals surface area (Å²) < 4.78 is 11.0. The van der Waals surface area contributed by atoms with Crippen LogP contribution in [0.3, 0.4) is 0 Å². The molecule has 318 valence electrons. The van der Waals surface area contributed by atoms with E-state index in [0.29, 0.717) is 19.1 Å². The number of carbonyl (C=O) groups is 2. The summed E-state index contributed by atoms with van der Waals surface area (Å²) in [7, 11) is 6.18. The Balaban J connectivity index is 0. The summed E-state index contributed by atoms with van der Waals surface area (Å²) in [6.45, 7) is 12.0. The zero-order chi connectivity index (χ0) is 39.3. The van der Waals surface area contributed by atoms with Crippen molar-refractivity contribution in [1.29, 1.82) is 0 Å². The highest BCUT2D eigenvalue weighted by molar-refractivity contribution is 5.69. The van der Waals surface area contributed by atoms with E-state index in [0.717, 1.165) is 51.5 Å². The highest BCUT2D eigenvalue weighted by Crippen LogP contribution is 2.16. The van der Waals surface area contributed by atoms with Crippen LogP contribution in [0.5, 0.6) is 0 Å². The van der Waals surface area contributed by atoms with E-state index in [4.69, 9.17) is 9.47 Å². The van der Waals surface area contributed by atoms with Crippen LogP contribution in [0.4, 0.5) is 0 Å². The summed E-state index contributed by atoms with van der Waals surface area (Å²) in [5.74, 6) is -0.00741. The first-order valence-electron chi connectivity index (χ1n) is 23.4. The number of nitrogens with zero attached hydrogens (tertiary/aromatic N) is 2. The van der Waals surface area contributed by atoms with Gasteiger partial charge in [0, 0.05) is 33.0 Å². The van der Waals surface area contributed by atoms with Crippen molar-refractivity contribution in [2.45, 2.75) is 239 Å². The summed E-state index contributed by atoms with van der Waals surface area (Å²) in [5.41, 5.74) is 0. The zero-order valence-corrected chi connectivity index (χ0v) is 37.1. The number of rotatable bonds is 42. The van der Waals surface area contributed by atoms with E-state index in [1.807, 2.05) is 7.11 Å². The van der Waals surface area contributed by atoms with Gasteiger partial charge in [0.05, 0.1) is 12.7 Å². The molecule has 0 rings (SSSR count). The zero-order valence-electron chi connectivity index (χ0n) is 37.1. The minimum absolute atomic E-state index is 0.00741. The molecular formula is C47H96N2O4. The molecule has 0 saturated carbocycles. The van der Waals surface area contributed by atoms with Crippen molar-refractivity contribution >= 4 is 12.3 Å². The molecule has 6 heteroatoms. The first-order chi connectivity index (χ1) is 25.9. The Morgan fingerprint density at radius 2 is 0.925 bits per heavy atom. The third kappa shape index (κ3) is 47.1. The Morgan fingerprint density at radius 1 is 0.509 bits per heavy atom. The fourth-order valence-corrected chi connectivity index (χ4v) is 6.91. The molecule has 0 fully saturated rings. The number of hydrogen-bond donors (Lipinski definition) is 0. The second-order valence-corrected chi connectivity index (χ2v) is 16.2. The molecule has 0 aliphatic carbocycles. The lowest BCUT2D eigenvalue weighted by molar-refractivity contribution is -0.143. The number of ether oxygens (including phenoxy) is 2. The summed E-state index contributed by atoms with van der Waals surface area (Å²) in [5, 5.41) is 0. The highest BCUT2D eigenvalue weighted by Gasteiger charge is 2.08. The van der Waals surface area contributed by atoms with Gasteiger partial charge in [-0.25, -0.2) is 0 Å². The molecule has 0 spiro atoms. The third-order valence-corrected chi connectivity index (χ3v) is 10.6. The van der Waals surface area contributed by atoms with E-state index >= 15 is 0 Å². The first-order valence-corrected chi connectivity index (χ1v) is 23.4. The largest absolute Gasteiger partial charge is 0.466 e. The number of unbranched alkanes of at least 4 members (excludes halogenated alkanes) is 25. The average molecular weight is 753 g/mol. The quantitative estimate of drug-likeness (QED) is 0.0351. The molecule has 0 unspecified atom stereocenters. The Morgan fingerprint density at radius 3 is 1.38 bits per heavy atom. The Labute approximate surface area is 333 Å². The van der Waals surface area contributed by atoms with Gasteiger partial charge in [0.15, 0.2) is 0 Å². The number of carbonyl (C=O) groups excluding carboxylic acids is 2. The standard InChI is InChI=1S/C29H58N2O3.C18H38O/c1-4-5-6-7-10-16-21-28-34-29(33)22-17-12-11-14-19-24-31(26-25-30(2)3)23-18-13-8-9-15-20-27-32;1-4-6-8-10-12-14-16-18(19-3)17-15-13-11-9-7-5-2/h27H,4-26,28H2,1-3H3;18H,4-17H2,1-3H3. The van der Waals surface area contributed by atoms with Gasteiger partial charge in [-0.3, -0.25) is 4.79 Å². The van der Waals surface area contributed by atoms with Gasteiger partial charge in [0.25, 0.3) is 0 Å². The van der Waals surface area contributed by atoms with Gasteiger partial charge in [0.2, 0.25) is 0 Å². The lowest BCUT2D eigenvalue weighted by Crippen LogP contribution is -2.33. The lowest BCUT2D eigenvalue weighted by Gasteiger charge is -2.24. The summed E-state index contributed by atoms with van der Waals surface area (Å²) in [4.78, 5) is 27.1. The number of methoxy groups -OCH3 is 1. The van der Waals surface area contributed by atoms with Crippen LogP contribution in [0.2, 0.25) is 0 Å². The molecule has 0 radical (unpaired) electrons. The van der Waals surface area contributed by atoms with Crippen LogP contribution < -0.4 is 0 Å². The van der Waals surface area contributed by atoms with Crippen LogP contribution in [0, 0.1) is 0 Å². The van der Waals surface area contributed by atoms with E-state index in [1.54, 1.807) is 0 Å². The fourth-order valence-electron chi connectivity index (χ4n) is 6.91. The van der Waals surface area contributed by atoms with Crippen molar-refractivity contribution in [2.24, 2.45) is 0 Å². The number of aldehydes is 1. The van der Waals surface area contributed by atoms with E-state index in [1.165, 1.54) is 186 Å². The minimum Gasteiger partial charge on any atom is -0.466 e. The van der Waals surface area contributed by atoms with Crippen molar-refractivity contribution in [1.82, 2.24) is 9.80 Å². The molecule has 6 nitrogen and oxygen atoms in total. The monoisotopic (exact) mass is 753 g/mol. The van der Waals surface area contributed by atoms with Crippen LogP contribution in [-0.4, -0.2) is 82.2 Å². The number of likely N-dealkylation sites (N-methyl/N-ethyl adjacent to an activating group) is 1. The molecule has 0 aliphatic rings. The smallest absolute Gasteiger partial charge is 0.305 e. The molecule has 0 heterocycles. The van der Waals surface area contributed by atoms with E-state index in [2.05, 4.69) is 44.7 Å². The van der Waals surface area contributed by atoms with Crippen LogP contribution in [0.25, 0.3) is 0 Å². The van der Waals surface area contributed by atoms with Gasteiger partial charge >= 0.3 is 5.97 Å². The average Bonchev–Trinajstić information content (AvgIpc) is 3.15. The predicted molar refractivity (Wildman–Crippen MR) is 232 cm³/mol. The van der Waals surface area contributed by atoms with Gasteiger partial charge in [-0.15, -0.1) is 0 Å². The molecule has 0 aliphatic heterocycles. The van der Waals surface area contributed by atoms with E-state index in [-0.39, 0.29) is 5.97 Å². The van der Waals surface area contributed by atoms with Gasteiger partial charge in [-0.2, -0.15) is 0 Å². The maximum absolute atomic E-state index is 11.9. The number of hydrogen-bond acceptors (Lipinski definition) is 6. The minimum atomic E-state index is -0.00741. The Hall–Kier alpha value is -0.980. The SMILES string of the molecule is CCCCCCCCC(CCCCCCCC)OC.CCCCCCCCCOC(=O)CCCCCCCN(CCCCCCCC=O)CCN(C)C. The molecule has 0 amide bonds. The maximum Gasteiger partial charge on any atom is 0.305 e. The second kappa shape index (κ2) is 47.2. The van der Waals surface area contributed by atoms with Crippen molar-refractivity contribution in [3.8, 4) is 0 Å². The number of esters is 1. The normalized spacial score (nSPS) is 11.4. The fraction of sp³-hybridized carbons (Fsp3) is 0.957. The van der Waals surface area contributed by atoms with Crippen LogP contribution >= 0.6 is 0 Å². The van der Waals surface area contributed by atoms with Gasteiger partial charge in [0.1, 0.15) is 6.29 Å². The van der Waals surface area contributed by atoms with Crippen LogP contribution in [0.15, 0.2) is 0 Å². The van der Waals surface area contributed by atoms with Crippen molar-refractivity contribution < 1.29 is 19.1 Å². The molecule has 0 saturated heterocycles. The lowest BCUT2D eigenvalue weighted by atomic mass is 10.0. The molecule has 0 aromatic carbocycles. The van der Waals surface area contributed by atoms with Crippen molar-refractivity contribution in [3.63, 3.8) is 0 Å². The first kappa shape index (κ1) is 54.1. The Bertz CT molecular complexity index is 688. The molecule has 0 bridgehead atoms. The molecule has 0 atom stereocenters.